The first-order chi connectivity index (χ1) is 7.93. The van der Waals surface area contributed by atoms with E-state index >= 15 is 0 Å². The largest absolute Gasteiger partial charge is 0.390 e. The van der Waals surface area contributed by atoms with Gasteiger partial charge in [-0.2, -0.15) is 24.4 Å². The van der Waals surface area contributed by atoms with Gasteiger partial charge in [0, 0.05) is 24.4 Å². The maximum atomic E-state index is 11.4. The van der Waals surface area contributed by atoms with Gasteiger partial charge in [-0.05, 0) is 0 Å². The van der Waals surface area contributed by atoms with Crippen LogP contribution in [0.1, 0.15) is 0 Å². The third kappa shape index (κ3) is 9.15. The molecule has 0 saturated heterocycles. The first-order valence-corrected chi connectivity index (χ1v) is 8.78. The molecule has 0 rings (SSSR count). The average Bonchev–Trinajstić information content (AvgIpc) is 2.30. The zero-order valence-corrected chi connectivity index (χ0v) is 12.3. The Morgan fingerprint density at radius 2 is 1.94 bits per heavy atom. The standard InChI is InChI=1S/C9H20O5S3/c1-14-2-4-17(12,13)5-3-16-7-9(11)8(10)6-15/h8-11,15H,2-7H2,1H3/t8-,9-/m0/s1. The van der Waals surface area contributed by atoms with E-state index in [1.54, 1.807) is 0 Å². The van der Waals surface area contributed by atoms with Crippen LogP contribution in [0.4, 0.5) is 0 Å². The number of hydrogen-bond acceptors (Lipinski definition) is 7. The second-order valence-corrected chi connectivity index (χ2v) is 7.36. The Morgan fingerprint density at radius 3 is 2.47 bits per heavy atom. The molecule has 0 aliphatic carbocycles. The number of aliphatic hydroxyl groups is 2. The van der Waals surface area contributed by atoms with Gasteiger partial charge in [0.05, 0.1) is 30.3 Å². The van der Waals surface area contributed by atoms with E-state index in [1.807, 2.05) is 0 Å². The molecule has 0 aromatic heterocycles. The molecule has 0 heterocycles. The minimum atomic E-state index is -3.07. The molecular weight excluding hydrogens is 284 g/mol. The molecule has 0 aliphatic heterocycles. The summed E-state index contributed by atoms with van der Waals surface area (Å²) in [6, 6.07) is 0. The molecule has 2 atom stereocenters. The Kier molecular flexibility index (Phi) is 9.75. The van der Waals surface area contributed by atoms with Crippen LogP contribution >= 0.6 is 24.4 Å². The minimum Gasteiger partial charge on any atom is -0.390 e. The summed E-state index contributed by atoms with van der Waals surface area (Å²) in [4.78, 5) is 0. The van der Waals surface area contributed by atoms with Crippen molar-refractivity contribution in [3.63, 3.8) is 0 Å². The maximum absolute atomic E-state index is 11.4. The van der Waals surface area contributed by atoms with E-state index in [2.05, 4.69) is 12.6 Å². The number of hydrogen-bond donors (Lipinski definition) is 3. The zero-order chi connectivity index (χ0) is 13.3. The van der Waals surface area contributed by atoms with Crippen LogP contribution in [0.25, 0.3) is 0 Å². The molecule has 0 radical (unpaired) electrons. The molecule has 0 fully saturated rings. The molecule has 8 heteroatoms. The van der Waals surface area contributed by atoms with Gasteiger partial charge in [-0.3, -0.25) is 0 Å². The topological polar surface area (TPSA) is 83.8 Å². The van der Waals surface area contributed by atoms with E-state index in [1.165, 1.54) is 18.9 Å². The van der Waals surface area contributed by atoms with E-state index in [9.17, 15) is 18.6 Å². The van der Waals surface area contributed by atoms with Gasteiger partial charge in [-0.1, -0.05) is 0 Å². The number of ether oxygens (including phenoxy) is 1. The summed E-state index contributed by atoms with van der Waals surface area (Å²) in [7, 11) is -1.61. The summed E-state index contributed by atoms with van der Waals surface area (Å²) < 4.78 is 27.5. The summed E-state index contributed by atoms with van der Waals surface area (Å²) in [5.74, 6) is 0.981. The molecule has 0 unspecified atom stereocenters. The van der Waals surface area contributed by atoms with Crippen molar-refractivity contribution in [3.8, 4) is 0 Å². The van der Waals surface area contributed by atoms with Crippen molar-refractivity contribution in [1.29, 1.82) is 0 Å². The Bertz CT molecular complexity index is 280. The summed E-state index contributed by atoms with van der Waals surface area (Å²) in [6.45, 7) is 0.202. The third-order valence-electron chi connectivity index (χ3n) is 2.06. The van der Waals surface area contributed by atoms with E-state index in [0.29, 0.717) is 11.5 Å². The molecule has 104 valence electrons. The molecular formula is C9H20O5S3. The normalized spacial score (nSPS) is 15.8. The number of methoxy groups -OCH3 is 1. The van der Waals surface area contributed by atoms with Gasteiger partial charge in [0.25, 0.3) is 0 Å². The number of thioether (sulfide) groups is 1. The zero-order valence-electron chi connectivity index (χ0n) is 9.78. The van der Waals surface area contributed by atoms with Crippen molar-refractivity contribution in [2.75, 3.05) is 42.5 Å². The van der Waals surface area contributed by atoms with Crippen molar-refractivity contribution >= 4 is 34.2 Å². The van der Waals surface area contributed by atoms with Gasteiger partial charge in [0.15, 0.2) is 9.84 Å². The lowest BCUT2D eigenvalue weighted by Gasteiger charge is -2.14. The molecule has 17 heavy (non-hydrogen) atoms. The first-order valence-electron chi connectivity index (χ1n) is 5.17. The first kappa shape index (κ1) is 17.5. The summed E-state index contributed by atoms with van der Waals surface area (Å²) >= 11 is 5.16. The van der Waals surface area contributed by atoms with Crippen molar-refractivity contribution < 1.29 is 23.4 Å². The Labute approximate surface area is 112 Å². The Balaban J connectivity index is 3.70. The molecule has 0 bridgehead atoms. The van der Waals surface area contributed by atoms with E-state index < -0.39 is 22.0 Å². The fourth-order valence-electron chi connectivity index (χ4n) is 0.935. The number of rotatable bonds is 10. The lowest BCUT2D eigenvalue weighted by Crippen LogP contribution is -2.30. The van der Waals surface area contributed by atoms with Gasteiger partial charge in [-0.25, -0.2) is 8.42 Å². The summed E-state index contributed by atoms with van der Waals surface area (Å²) in [5, 5.41) is 18.6. The van der Waals surface area contributed by atoms with Gasteiger partial charge < -0.3 is 14.9 Å². The smallest absolute Gasteiger partial charge is 0.153 e. The fraction of sp³-hybridized carbons (Fsp3) is 1.00. The average molecular weight is 304 g/mol. The molecule has 5 nitrogen and oxygen atoms in total. The summed E-state index contributed by atoms with van der Waals surface area (Å²) in [5.41, 5.74) is 0. The van der Waals surface area contributed by atoms with Crippen LogP contribution in [0.15, 0.2) is 0 Å². The number of thiol groups is 1. The van der Waals surface area contributed by atoms with E-state index in [0.717, 1.165) is 0 Å². The van der Waals surface area contributed by atoms with Crippen molar-refractivity contribution in [3.05, 3.63) is 0 Å². The van der Waals surface area contributed by atoms with Crippen molar-refractivity contribution in [1.82, 2.24) is 0 Å². The van der Waals surface area contributed by atoms with Crippen LogP contribution in [0.5, 0.6) is 0 Å². The maximum Gasteiger partial charge on any atom is 0.153 e. The highest BCUT2D eigenvalue weighted by molar-refractivity contribution is 8.00. The van der Waals surface area contributed by atoms with Gasteiger partial charge in [0.1, 0.15) is 0 Å². The number of aliphatic hydroxyl groups excluding tert-OH is 2. The van der Waals surface area contributed by atoms with Crippen LogP contribution < -0.4 is 0 Å². The van der Waals surface area contributed by atoms with E-state index in [4.69, 9.17) is 4.74 Å². The molecule has 0 aromatic carbocycles. The van der Waals surface area contributed by atoms with Crippen molar-refractivity contribution in [2.45, 2.75) is 12.2 Å². The monoisotopic (exact) mass is 304 g/mol. The van der Waals surface area contributed by atoms with Gasteiger partial charge >= 0.3 is 0 Å². The molecule has 0 saturated carbocycles. The lowest BCUT2D eigenvalue weighted by atomic mass is 10.3. The second-order valence-electron chi connectivity index (χ2n) is 3.54. The third-order valence-corrected chi connectivity index (χ3v) is 5.37. The lowest BCUT2D eigenvalue weighted by molar-refractivity contribution is 0.0502. The van der Waals surface area contributed by atoms with Crippen molar-refractivity contribution in [2.24, 2.45) is 0 Å². The predicted molar refractivity (Wildman–Crippen MR) is 73.7 cm³/mol. The molecule has 2 N–H and O–H groups in total. The Hall–Kier alpha value is 0.530. The highest BCUT2D eigenvalue weighted by Crippen LogP contribution is 2.08. The minimum absolute atomic E-state index is 0.0197. The van der Waals surface area contributed by atoms with Gasteiger partial charge in [0.2, 0.25) is 0 Å². The molecule has 0 amide bonds. The summed E-state index contributed by atoms with van der Waals surface area (Å²) in [6.07, 6.45) is -1.73. The molecule has 0 aliphatic rings. The predicted octanol–water partition coefficient (Wildman–Crippen LogP) is -0.568. The quantitative estimate of drug-likeness (QED) is 0.370. The second kappa shape index (κ2) is 9.46. The highest BCUT2D eigenvalue weighted by atomic mass is 32.2. The van der Waals surface area contributed by atoms with Crippen LogP contribution in [0.3, 0.4) is 0 Å². The SMILES string of the molecule is COCCS(=O)(=O)CCSC[C@H](O)[C@@H](O)CS. The van der Waals surface area contributed by atoms with Crippen LogP contribution in [0.2, 0.25) is 0 Å². The fourth-order valence-corrected chi connectivity index (χ4v) is 3.92. The van der Waals surface area contributed by atoms with Crippen LogP contribution in [0, 0.1) is 0 Å². The molecule has 0 spiro atoms. The van der Waals surface area contributed by atoms with Crippen LogP contribution in [-0.4, -0.2) is 73.3 Å². The van der Waals surface area contributed by atoms with Gasteiger partial charge in [-0.15, -0.1) is 0 Å². The van der Waals surface area contributed by atoms with E-state index in [-0.39, 0.29) is 23.9 Å². The van der Waals surface area contributed by atoms with Crippen LogP contribution in [-0.2, 0) is 14.6 Å². The highest BCUT2D eigenvalue weighted by Gasteiger charge is 2.15. The molecule has 0 aromatic rings. The Morgan fingerprint density at radius 1 is 1.29 bits per heavy atom. The number of sulfone groups is 1.